The molecule has 1 rings (SSSR count). The standard InChI is InChI=1S/C7H12N2O4/c1-7(12)4(3-13-9-7)2-5(8)6(10)11/h3,5,9,12H,2,8H2,1H3,(H,10,11). The van der Waals surface area contributed by atoms with E-state index in [4.69, 9.17) is 10.8 Å². The summed E-state index contributed by atoms with van der Waals surface area (Å²) in [5, 5.41) is 18.0. The smallest absolute Gasteiger partial charge is 0.320 e. The van der Waals surface area contributed by atoms with Gasteiger partial charge in [-0.05, 0) is 6.92 Å². The Hall–Kier alpha value is -1.11. The van der Waals surface area contributed by atoms with Gasteiger partial charge in [0, 0.05) is 12.0 Å². The van der Waals surface area contributed by atoms with Gasteiger partial charge in [0.25, 0.3) is 0 Å². The first-order valence-corrected chi connectivity index (χ1v) is 3.76. The molecule has 6 nitrogen and oxygen atoms in total. The van der Waals surface area contributed by atoms with E-state index in [0.29, 0.717) is 5.57 Å². The Morgan fingerprint density at radius 3 is 2.92 bits per heavy atom. The molecule has 5 N–H and O–H groups in total. The molecule has 0 aromatic heterocycles. The predicted molar refractivity (Wildman–Crippen MR) is 43.2 cm³/mol. The van der Waals surface area contributed by atoms with E-state index >= 15 is 0 Å². The van der Waals surface area contributed by atoms with Crippen molar-refractivity contribution in [2.75, 3.05) is 0 Å². The Labute approximate surface area is 74.9 Å². The number of hydroxylamine groups is 1. The van der Waals surface area contributed by atoms with Crippen LogP contribution in [-0.2, 0) is 9.63 Å². The minimum atomic E-state index is -1.33. The van der Waals surface area contributed by atoms with E-state index in [2.05, 4.69) is 10.3 Å². The van der Waals surface area contributed by atoms with Gasteiger partial charge in [-0.3, -0.25) is 4.79 Å². The van der Waals surface area contributed by atoms with Gasteiger partial charge in [0.15, 0.2) is 5.72 Å². The molecular formula is C7H12N2O4. The first-order chi connectivity index (χ1) is 5.93. The summed E-state index contributed by atoms with van der Waals surface area (Å²) < 4.78 is 0. The Morgan fingerprint density at radius 1 is 1.92 bits per heavy atom. The van der Waals surface area contributed by atoms with Crippen molar-refractivity contribution >= 4 is 5.97 Å². The van der Waals surface area contributed by atoms with Crippen molar-refractivity contribution in [3.05, 3.63) is 11.8 Å². The van der Waals surface area contributed by atoms with E-state index in [1.165, 1.54) is 13.2 Å². The zero-order chi connectivity index (χ0) is 10.1. The number of rotatable bonds is 3. The van der Waals surface area contributed by atoms with E-state index in [1.54, 1.807) is 0 Å². The molecule has 1 aliphatic heterocycles. The second kappa shape index (κ2) is 3.33. The summed E-state index contributed by atoms with van der Waals surface area (Å²) in [5.74, 6) is -1.11. The van der Waals surface area contributed by atoms with Crippen LogP contribution < -0.4 is 11.2 Å². The van der Waals surface area contributed by atoms with Crippen molar-refractivity contribution in [1.29, 1.82) is 0 Å². The van der Waals surface area contributed by atoms with Crippen LogP contribution in [0.15, 0.2) is 11.8 Å². The fraction of sp³-hybridized carbons (Fsp3) is 0.571. The summed E-state index contributed by atoms with van der Waals surface area (Å²) in [5.41, 5.74) is 6.68. The van der Waals surface area contributed by atoms with E-state index in [1.807, 2.05) is 0 Å². The number of hydrogen-bond donors (Lipinski definition) is 4. The highest BCUT2D eigenvalue weighted by molar-refractivity contribution is 5.73. The number of aliphatic carboxylic acids is 1. The molecule has 2 unspecified atom stereocenters. The molecule has 6 heteroatoms. The SMILES string of the molecule is CC1(O)NOC=C1CC(N)C(=O)O. The quantitative estimate of drug-likeness (QED) is 0.449. The molecule has 1 heterocycles. The number of carbonyl (C=O) groups is 1. The van der Waals surface area contributed by atoms with Gasteiger partial charge in [0.2, 0.25) is 0 Å². The van der Waals surface area contributed by atoms with Crippen molar-refractivity contribution in [1.82, 2.24) is 5.48 Å². The predicted octanol–water partition coefficient (Wildman–Crippen LogP) is -1.08. The van der Waals surface area contributed by atoms with Crippen molar-refractivity contribution in [3.8, 4) is 0 Å². The van der Waals surface area contributed by atoms with Gasteiger partial charge in [0.1, 0.15) is 12.3 Å². The summed E-state index contributed by atoms with van der Waals surface area (Å²) in [4.78, 5) is 15.0. The molecule has 0 amide bonds. The Morgan fingerprint density at radius 2 is 2.54 bits per heavy atom. The van der Waals surface area contributed by atoms with Crippen LogP contribution in [0.2, 0.25) is 0 Å². The van der Waals surface area contributed by atoms with Crippen LogP contribution in [-0.4, -0.2) is 27.9 Å². The zero-order valence-electron chi connectivity index (χ0n) is 7.15. The van der Waals surface area contributed by atoms with Gasteiger partial charge in [-0.2, -0.15) is 0 Å². The summed E-state index contributed by atoms with van der Waals surface area (Å²) in [6.45, 7) is 1.46. The molecule has 1 aliphatic rings. The fourth-order valence-corrected chi connectivity index (χ4v) is 0.967. The van der Waals surface area contributed by atoms with Gasteiger partial charge in [-0.25, -0.2) is 0 Å². The van der Waals surface area contributed by atoms with Gasteiger partial charge >= 0.3 is 5.97 Å². The monoisotopic (exact) mass is 188 g/mol. The minimum absolute atomic E-state index is 0.0509. The third kappa shape index (κ3) is 2.18. The largest absolute Gasteiger partial charge is 0.480 e. The number of aliphatic hydroxyl groups is 1. The molecular weight excluding hydrogens is 176 g/mol. The van der Waals surface area contributed by atoms with Crippen molar-refractivity contribution < 1.29 is 19.8 Å². The van der Waals surface area contributed by atoms with Crippen LogP contribution >= 0.6 is 0 Å². The fourth-order valence-electron chi connectivity index (χ4n) is 0.967. The topological polar surface area (TPSA) is 105 Å². The minimum Gasteiger partial charge on any atom is -0.480 e. The second-order valence-electron chi connectivity index (χ2n) is 3.08. The first kappa shape index (κ1) is 9.97. The maximum Gasteiger partial charge on any atom is 0.320 e. The highest BCUT2D eigenvalue weighted by atomic mass is 16.7. The number of nitrogens with one attached hydrogen (secondary N) is 1. The van der Waals surface area contributed by atoms with E-state index in [-0.39, 0.29) is 6.42 Å². The summed E-state index contributed by atoms with van der Waals surface area (Å²) in [6.07, 6.45) is 1.32. The maximum atomic E-state index is 10.4. The normalized spacial score (nSPS) is 29.3. The number of carboxylic acids is 1. The van der Waals surface area contributed by atoms with E-state index in [0.717, 1.165) is 0 Å². The van der Waals surface area contributed by atoms with Crippen molar-refractivity contribution in [2.45, 2.75) is 25.1 Å². The molecule has 2 atom stereocenters. The zero-order valence-corrected chi connectivity index (χ0v) is 7.15. The molecule has 0 bridgehead atoms. The molecule has 0 aromatic carbocycles. The highest BCUT2D eigenvalue weighted by Crippen LogP contribution is 2.22. The molecule has 0 spiro atoms. The molecule has 0 aromatic rings. The molecule has 74 valence electrons. The second-order valence-corrected chi connectivity index (χ2v) is 3.08. The van der Waals surface area contributed by atoms with Crippen LogP contribution in [0.25, 0.3) is 0 Å². The van der Waals surface area contributed by atoms with Gasteiger partial charge < -0.3 is 20.8 Å². The Bertz CT molecular complexity index is 249. The van der Waals surface area contributed by atoms with Crippen LogP contribution in [0.3, 0.4) is 0 Å². The lowest BCUT2D eigenvalue weighted by Gasteiger charge is -2.19. The molecule has 0 aliphatic carbocycles. The Kier molecular flexibility index (Phi) is 2.55. The van der Waals surface area contributed by atoms with E-state index < -0.39 is 17.7 Å². The molecule has 0 saturated carbocycles. The van der Waals surface area contributed by atoms with Crippen LogP contribution in [0, 0.1) is 0 Å². The number of nitrogens with two attached hydrogens (primary N) is 1. The summed E-state index contributed by atoms with van der Waals surface area (Å²) in [6, 6.07) is -1.03. The Balaban J connectivity index is 2.59. The third-order valence-corrected chi connectivity index (χ3v) is 1.84. The van der Waals surface area contributed by atoms with E-state index in [9.17, 15) is 9.90 Å². The first-order valence-electron chi connectivity index (χ1n) is 3.76. The molecule has 13 heavy (non-hydrogen) atoms. The summed E-state index contributed by atoms with van der Waals surface area (Å²) in [7, 11) is 0. The lowest BCUT2D eigenvalue weighted by atomic mass is 10.0. The molecule has 0 radical (unpaired) electrons. The maximum absolute atomic E-state index is 10.4. The van der Waals surface area contributed by atoms with Gasteiger partial charge in [-0.1, -0.05) is 0 Å². The lowest BCUT2D eigenvalue weighted by Crippen LogP contribution is -2.41. The van der Waals surface area contributed by atoms with Crippen LogP contribution in [0.5, 0.6) is 0 Å². The van der Waals surface area contributed by atoms with Gasteiger partial charge in [0.05, 0.1) is 0 Å². The summed E-state index contributed by atoms with van der Waals surface area (Å²) >= 11 is 0. The number of carboxylic acid groups (broad SMARTS) is 1. The highest BCUT2D eigenvalue weighted by Gasteiger charge is 2.33. The third-order valence-electron chi connectivity index (χ3n) is 1.84. The molecule has 0 fully saturated rings. The average molecular weight is 188 g/mol. The van der Waals surface area contributed by atoms with Crippen LogP contribution in [0.4, 0.5) is 0 Å². The van der Waals surface area contributed by atoms with Crippen LogP contribution in [0.1, 0.15) is 13.3 Å². The van der Waals surface area contributed by atoms with Gasteiger partial charge in [-0.15, -0.1) is 5.48 Å². The van der Waals surface area contributed by atoms with Crippen molar-refractivity contribution in [2.24, 2.45) is 5.73 Å². The lowest BCUT2D eigenvalue weighted by molar-refractivity contribution is -0.138. The van der Waals surface area contributed by atoms with Crippen molar-refractivity contribution in [3.63, 3.8) is 0 Å². The molecule has 0 saturated heterocycles. The number of hydrogen-bond acceptors (Lipinski definition) is 5. The average Bonchev–Trinajstić information content (AvgIpc) is 2.30.